The number of nitrogens with zero attached hydrogens (tertiary/aromatic N) is 1. The van der Waals surface area contributed by atoms with E-state index in [1.807, 2.05) is 41.5 Å². The highest BCUT2D eigenvalue weighted by molar-refractivity contribution is 5.94. The third-order valence-electron chi connectivity index (χ3n) is 8.45. The number of carbonyl (C=O) groups is 4. The van der Waals surface area contributed by atoms with E-state index in [9.17, 15) is 24.3 Å². The number of amides is 5. The molecule has 6 N–H and O–H groups in total. The molecule has 1 saturated heterocycles. The van der Waals surface area contributed by atoms with Crippen molar-refractivity contribution in [3.63, 3.8) is 0 Å². The normalized spacial score (nSPS) is 27.3. The van der Waals surface area contributed by atoms with E-state index in [0.29, 0.717) is 18.9 Å². The molecule has 2 aliphatic carbocycles. The Balaban J connectivity index is 1.83. The number of carbonyl (C=O) groups excluding carboxylic acids is 4. The Morgan fingerprint density at radius 1 is 1.05 bits per heavy atom. The fourth-order valence-electron chi connectivity index (χ4n) is 5.96. The second-order valence-electron chi connectivity index (χ2n) is 14.0. The zero-order chi connectivity index (χ0) is 28.1. The van der Waals surface area contributed by atoms with Gasteiger partial charge in [-0.15, -0.1) is 0 Å². The Hall–Kier alpha value is -2.36. The van der Waals surface area contributed by atoms with Gasteiger partial charge in [-0.05, 0) is 55.8 Å². The molecule has 1 aliphatic heterocycles. The van der Waals surface area contributed by atoms with Crippen LogP contribution >= 0.6 is 0 Å². The lowest BCUT2D eigenvalue weighted by molar-refractivity contribution is -0.144. The molecule has 2 saturated carbocycles. The molecular formula is C27H47N5O5. The highest BCUT2D eigenvalue weighted by atomic mass is 16.3. The maximum atomic E-state index is 13.9. The van der Waals surface area contributed by atoms with Gasteiger partial charge in [0, 0.05) is 12.1 Å². The summed E-state index contributed by atoms with van der Waals surface area (Å²) in [5, 5.41) is 19.0. The number of urea groups is 1. The van der Waals surface area contributed by atoms with Crippen molar-refractivity contribution < 1.29 is 24.3 Å². The number of likely N-dealkylation sites (tertiary alicyclic amines) is 1. The minimum absolute atomic E-state index is 0.0458. The molecule has 3 aliphatic rings. The molecule has 0 aromatic rings. The van der Waals surface area contributed by atoms with Gasteiger partial charge < -0.3 is 31.7 Å². The second-order valence-corrected chi connectivity index (χ2v) is 14.0. The molecule has 6 atom stereocenters. The number of nitrogens with two attached hydrogens (primary N) is 1. The molecule has 0 aromatic carbocycles. The van der Waals surface area contributed by atoms with Crippen LogP contribution in [0.1, 0.15) is 81.1 Å². The zero-order valence-electron chi connectivity index (χ0n) is 23.7. The van der Waals surface area contributed by atoms with Crippen LogP contribution in [0, 0.1) is 28.6 Å². The van der Waals surface area contributed by atoms with Gasteiger partial charge in [0.05, 0.1) is 6.04 Å². The molecule has 0 radical (unpaired) electrons. The average molecular weight is 525 g/mol. The van der Waals surface area contributed by atoms with Crippen LogP contribution in [0.3, 0.4) is 0 Å². The van der Waals surface area contributed by atoms with E-state index in [0.717, 1.165) is 19.3 Å². The van der Waals surface area contributed by atoms with Crippen molar-refractivity contribution in [1.29, 1.82) is 0 Å². The summed E-state index contributed by atoms with van der Waals surface area (Å²) in [6, 6.07) is -2.86. The standard InChI is InChI=1S/C27H47N5O5/c1-25(2,3)20(30-24(37)31-26(4,5)6)23(36)32-13-15-17(27(15,7)8)18(32)22(35)29-16(19(33)21(28)34)12-14-10-9-11-14/h14-20,33H,9-13H2,1-8H3,(H2,28,34)(H,29,35)(H2,30,31,37)/t15-,16?,17-,18-,19?,20+/m0/s1/i21+1,23+1,24+1. The van der Waals surface area contributed by atoms with Gasteiger partial charge in [-0.2, -0.15) is 0 Å². The molecule has 37 heavy (non-hydrogen) atoms. The minimum Gasteiger partial charge on any atom is -0.381 e. The maximum absolute atomic E-state index is 13.9. The molecule has 3 rings (SSSR count). The summed E-state index contributed by atoms with van der Waals surface area (Å²) in [7, 11) is 0. The molecular weight excluding hydrogens is 477 g/mol. The van der Waals surface area contributed by atoms with E-state index in [4.69, 9.17) is 5.73 Å². The van der Waals surface area contributed by atoms with Crippen LogP contribution in [-0.2, 0) is 14.4 Å². The quantitative estimate of drug-likeness (QED) is 0.305. The highest BCUT2D eigenvalue weighted by Crippen LogP contribution is 2.65. The summed E-state index contributed by atoms with van der Waals surface area (Å²) >= 11 is 0. The third kappa shape index (κ3) is 6.38. The monoisotopic (exact) mass is 524 g/mol. The summed E-state index contributed by atoms with van der Waals surface area (Å²) in [5.41, 5.74) is 4.19. The number of hydrogen-bond acceptors (Lipinski definition) is 5. The lowest BCUT2D eigenvalue weighted by Crippen LogP contribution is -2.62. The molecule has 210 valence electrons. The number of aliphatic hydroxyl groups is 1. The summed E-state index contributed by atoms with van der Waals surface area (Å²) in [4.78, 5) is 53.7. The van der Waals surface area contributed by atoms with Gasteiger partial charge >= 0.3 is 6.03 Å². The second kappa shape index (κ2) is 10.1. The molecule has 0 spiro atoms. The van der Waals surface area contributed by atoms with E-state index in [-0.39, 0.29) is 29.1 Å². The Bertz CT molecular complexity index is 917. The molecule has 1 heterocycles. The first-order chi connectivity index (χ1) is 16.8. The number of aliphatic hydroxyl groups excluding tert-OH is 1. The number of fused-ring (bicyclic) bond motifs is 1. The van der Waals surface area contributed by atoms with Gasteiger partial charge in [-0.3, -0.25) is 14.4 Å². The SMILES string of the molecule is CC(C)(C)N[13C](=O)N[C@H]([13C](=O)N1C[C@H]2[C@@H]([C@H]1C(=O)NC(CC1CCC1)C(O)[13C](N)=O)C2(C)C)C(C)(C)C. The van der Waals surface area contributed by atoms with Crippen molar-refractivity contribution in [3.8, 4) is 0 Å². The summed E-state index contributed by atoms with van der Waals surface area (Å²) in [6.07, 6.45) is 2.03. The summed E-state index contributed by atoms with van der Waals surface area (Å²) in [5.74, 6) is -1.15. The number of nitrogens with one attached hydrogen (secondary N) is 3. The van der Waals surface area contributed by atoms with Crippen LogP contribution in [0.25, 0.3) is 0 Å². The van der Waals surface area contributed by atoms with Crippen molar-refractivity contribution in [3.05, 3.63) is 0 Å². The van der Waals surface area contributed by atoms with E-state index >= 15 is 0 Å². The van der Waals surface area contributed by atoms with Crippen LogP contribution in [0.2, 0.25) is 0 Å². The summed E-state index contributed by atoms with van der Waals surface area (Å²) < 4.78 is 0. The topological polar surface area (TPSA) is 154 Å². The molecule has 10 nitrogen and oxygen atoms in total. The fraction of sp³-hybridized carbons (Fsp3) is 0.852. The first-order valence-corrected chi connectivity index (χ1v) is 13.5. The van der Waals surface area contributed by atoms with Crippen LogP contribution in [-0.4, -0.2) is 70.1 Å². The number of rotatable bonds is 8. The van der Waals surface area contributed by atoms with Gasteiger partial charge in [0.2, 0.25) is 17.7 Å². The van der Waals surface area contributed by atoms with Crippen molar-refractivity contribution in [1.82, 2.24) is 20.9 Å². The predicted molar refractivity (Wildman–Crippen MR) is 140 cm³/mol. The molecule has 3 fully saturated rings. The van der Waals surface area contributed by atoms with Crippen LogP contribution < -0.4 is 21.7 Å². The Morgan fingerprint density at radius 2 is 1.65 bits per heavy atom. The van der Waals surface area contributed by atoms with Crippen LogP contribution in [0.15, 0.2) is 0 Å². The number of hydrogen-bond donors (Lipinski definition) is 5. The van der Waals surface area contributed by atoms with E-state index in [2.05, 4.69) is 29.8 Å². The van der Waals surface area contributed by atoms with Crippen LogP contribution in [0.4, 0.5) is 4.79 Å². The molecule has 2 unspecified atom stereocenters. The van der Waals surface area contributed by atoms with Crippen molar-refractivity contribution in [2.24, 2.45) is 34.3 Å². The molecule has 0 aromatic heterocycles. The zero-order valence-corrected chi connectivity index (χ0v) is 23.7. The number of piperidine rings is 1. The fourth-order valence-corrected chi connectivity index (χ4v) is 5.96. The van der Waals surface area contributed by atoms with E-state index in [1.165, 1.54) is 0 Å². The van der Waals surface area contributed by atoms with Crippen LogP contribution in [0.5, 0.6) is 0 Å². The lowest BCUT2D eigenvalue weighted by atomic mass is 9.80. The Morgan fingerprint density at radius 3 is 2.11 bits per heavy atom. The van der Waals surface area contributed by atoms with E-state index < -0.39 is 47.1 Å². The predicted octanol–water partition coefficient (Wildman–Crippen LogP) is 1.50. The average Bonchev–Trinajstić information content (AvgIpc) is 3.06. The van der Waals surface area contributed by atoms with Crippen molar-refractivity contribution in [2.45, 2.75) is 111 Å². The molecule has 0 bridgehead atoms. The first-order valence-electron chi connectivity index (χ1n) is 13.5. The molecule has 10 heteroatoms. The number of primary amides is 1. The Labute approximate surface area is 220 Å². The van der Waals surface area contributed by atoms with Gasteiger partial charge in [-0.25, -0.2) is 4.79 Å². The molecule has 5 amide bonds. The van der Waals surface area contributed by atoms with Gasteiger partial charge in [-0.1, -0.05) is 53.9 Å². The maximum Gasteiger partial charge on any atom is 0.315 e. The largest absolute Gasteiger partial charge is 0.381 e. The highest BCUT2D eigenvalue weighted by Gasteiger charge is 2.69. The van der Waals surface area contributed by atoms with Crippen molar-refractivity contribution >= 4 is 23.8 Å². The minimum atomic E-state index is -1.50. The van der Waals surface area contributed by atoms with E-state index in [1.54, 1.807) is 4.90 Å². The smallest absolute Gasteiger partial charge is 0.315 e. The lowest BCUT2D eigenvalue weighted by Gasteiger charge is -2.39. The third-order valence-corrected chi connectivity index (χ3v) is 8.45. The van der Waals surface area contributed by atoms with Crippen molar-refractivity contribution in [2.75, 3.05) is 6.54 Å². The first kappa shape index (κ1) is 29.2. The summed E-state index contributed by atoms with van der Waals surface area (Å²) in [6.45, 7) is 15.8. The van der Waals surface area contributed by atoms with Gasteiger partial charge in [0.25, 0.3) is 0 Å². The Kier molecular flexibility index (Phi) is 7.95. The van der Waals surface area contributed by atoms with Gasteiger partial charge in [0.1, 0.15) is 12.1 Å². The van der Waals surface area contributed by atoms with Gasteiger partial charge in [0.15, 0.2) is 6.10 Å².